The van der Waals surface area contributed by atoms with Gasteiger partial charge in [0, 0.05) is 11.8 Å². The fourth-order valence-electron chi connectivity index (χ4n) is 0.969. The molecule has 0 spiro atoms. The highest BCUT2D eigenvalue weighted by Gasteiger charge is 2.07. The topological polar surface area (TPSA) is 43.1 Å². The molecule has 0 saturated heterocycles. The third kappa shape index (κ3) is 1.87. The van der Waals surface area contributed by atoms with Crippen LogP contribution in [0.4, 0.5) is 4.79 Å². The molecule has 0 amide bonds. The standard InChI is InChI=1S/C8H5NO2S2/c10-8(12)13-7-9-5-3-1-2-4-6(5)11-7/h1-4H,(H,10,12). The van der Waals surface area contributed by atoms with Crippen molar-refractivity contribution in [2.45, 2.75) is 5.22 Å². The quantitative estimate of drug-likeness (QED) is 0.581. The van der Waals surface area contributed by atoms with Crippen molar-refractivity contribution in [1.82, 2.24) is 4.98 Å². The molecule has 0 aliphatic carbocycles. The molecule has 0 bridgehead atoms. The van der Waals surface area contributed by atoms with E-state index in [1.807, 2.05) is 18.2 Å². The lowest BCUT2D eigenvalue weighted by Gasteiger charge is -1.83. The summed E-state index contributed by atoms with van der Waals surface area (Å²) in [5.74, 6) is 0. The van der Waals surface area contributed by atoms with Gasteiger partial charge in [0.1, 0.15) is 5.52 Å². The van der Waals surface area contributed by atoms with E-state index < -0.39 is 0 Å². The van der Waals surface area contributed by atoms with Crippen LogP contribution in [0.15, 0.2) is 33.9 Å². The molecule has 0 aliphatic rings. The summed E-state index contributed by atoms with van der Waals surface area (Å²) < 4.78 is 4.93. The van der Waals surface area contributed by atoms with E-state index in [0.29, 0.717) is 10.8 Å². The maximum atomic E-state index is 10.6. The van der Waals surface area contributed by atoms with Crippen LogP contribution in [0.1, 0.15) is 0 Å². The number of hydrogen-bond donors (Lipinski definition) is 1. The number of nitrogens with zero attached hydrogens (tertiary/aromatic N) is 1. The molecule has 2 aromatic rings. The summed E-state index contributed by atoms with van der Waals surface area (Å²) in [5, 5.41) is 0.334. The Kier molecular flexibility index (Phi) is 2.28. The third-order valence-corrected chi connectivity index (χ3v) is 2.25. The molecule has 13 heavy (non-hydrogen) atoms. The molecular formula is C8H5NO2S2. The van der Waals surface area contributed by atoms with Crippen molar-refractivity contribution in [3.8, 4) is 0 Å². The lowest BCUT2D eigenvalue weighted by Crippen LogP contribution is -1.73. The van der Waals surface area contributed by atoms with E-state index >= 15 is 0 Å². The summed E-state index contributed by atoms with van der Waals surface area (Å²) >= 11 is 4.49. The Bertz CT molecular complexity index is 419. The van der Waals surface area contributed by atoms with Crippen molar-refractivity contribution < 1.29 is 9.21 Å². The van der Waals surface area contributed by atoms with Crippen LogP contribution in [0.3, 0.4) is 0 Å². The van der Waals surface area contributed by atoms with Gasteiger partial charge in [-0.3, -0.25) is 4.79 Å². The van der Waals surface area contributed by atoms with Crippen LogP contribution in [0.5, 0.6) is 0 Å². The zero-order valence-corrected chi connectivity index (χ0v) is 8.14. The van der Waals surface area contributed by atoms with Crippen LogP contribution in [0, 0.1) is 0 Å². The monoisotopic (exact) mass is 211 g/mol. The number of thioether (sulfide) groups is 1. The van der Waals surface area contributed by atoms with Gasteiger partial charge in [0.05, 0.1) is 0 Å². The molecule has 66 valence electrons. The van der Waals surface area contributed by atoms with E-state index in [1.54, 1.807) is 6.07 Å². The first kappa shape index (κ1) is 8.65. The van der Waals surface area contributed by atoms with Gasteiger partial charge in [-0.1, -0.05) is 24.8 Å². The van der Waals surface area contributed by atoms with Crippen LogP contribution in [-0.4, -0.2) is 9.43 Å². The summed E-state index contributed by atoms with van der Waals surface area (Å²) in [6.07, 6.45) is 0. The average Bonchev–Trinajstić information content (AvgIpc) is 2.44. The summed E-state index contributed by atoms with van der Waals surface area (Å²) in [5.41, 5.74) is 1.43. The van der Waals surface area contributed by atoms with Crippen molar-refractivity contribution in [2.75, 3.05) is 0 Å². The second-order valence-electron chi connectivity index (χ2n) is 2.32. The van der Waals surface area contributed by atoms with Crippen LogP contribution >= 0.6 is 24.4 Å². The van der Waals surface area contributed by atoms with Gasteiger partial charge in [-0.15, -0.1) is 0 Å². The number of carbonyl (C=O) groups excluding carboxylic acids is 1. The number of oxazole rings is 1. The van der Waals surface area contributed by atoms with Gasteiger partial charge in [0.15, 0.2) is 5.58 Å². The minimum atomic E-state index is -0.327. The summed E-state index contributed by atoms with van der Waals surface area (Å²) in [6.45, 7) is 0. The van der Waals surface area contributed by atoms with Gasteiger partial charge >= 0.3 is 0 Å². The predicted molar refractivity (Wildman–Crippen MR) is 54.2 cm³/mol. The molecule has 0 atom stereocenters. The largest absolute Gasteiger partial charge is 0.431 e. The van der Waals surface area contributed by atoms with Gasteiger partial charge in [-0.25, -0.2) is 4.98 Å². The van der Waals surface area contributed by atoms with Crippen LogP contribution in [-0.2, 0) is 0 Å². The first-order chi connectivity index (χ1) is 6.25. The third-order valence-electron chi connectivity index (χ3n) is 1.45. The first-order valence-corrected chi connectivity index (χ1v) is 4.78. The molecule has 1 aromatic carbocycles. The minimum absolute atomic E-state index is 0.327. The zero-order chi connectivity index (χ0) is 9.26. The normalized spacial score (nSPS) is 10.5. The minimum Gasteiger partial charge on any atom is -0.431 e. The molecule has 0 N–H and O–H groups in total. The number of fused-ring (bicyclic) bond motifs is 1. The molecule has 0 fully saturated rings. The molecule has 0 unspecified atom stereocenters. The highest BCUT2D eigenvalue weighted by atomic mass is 32.2. The first-order valence-electron chi connectivity index (χ1n) is 3.52. The Morgan fingerprint density at radius 1 is 1.46 bits per heavy atom. The molecule has 1 heterocycles. The van der Waals surface area contributed by atoms with Gasteiger partial charge in [-0.05, 0) is 12.1 Å². The van der Waals surface area contributed by atoms with E-state index in [9.17, 15) is 4.79 Å². The van der Waals surface area contributed by atoms with E-state index in [2.05, 4.69) is 17.6 Å². The van der Waals surface area contributed by atoms with E-state index in [1.165, 1.54) is 0 Å². The number of hydrogen-bond acceptors (Lipinski definition) is 4. The predicted octanol–water partition coefficient (Wildman–Crippen LogP) is 2.97. The Labute approximate surface area is 83.9 Å². The lowest BCUT2D eigenvalue weighted by molar-refractivity contribution is 0.276. The number of thiol groups is 1. The number of carbonyl (C=O) groups is 1. The van der Waals surface area contributed by atoms with Crippen molar-refractivity contribution >= 4 is 39.9 Å². The van der Waals surface area contributed by atoms with Gasteiger partial charge in [0.2, 0.25) is 0 Å². The molecule has 5 heteroatoms. The highest BCUT2D eigenvalue weighted by Crippen LogP contribution is 2.24. The Morgan fingerprint density at radius 3 is 2.92 bits per heavy atom. The Hall–Kier alpha value is -0.940. The smallest absolute Gasteiger partial charge is 0.265 e. The summed E-state index contributed by atoms with van der Waals surface area (Å²) in [6, 6.07) is 7.34. The fourth-order valence-corrected chi connectivity index (χ4v) is 1.63. The molecule has 0 aliphatic heterocycles. The SMILES string of the molecule is O=C(S)Sc1nc2ccccc2o1. The van der Waals surface area contributed by atoms with Crippen molar-refractivity contribution in [2.24, 2.45) is 0 Å². The van der Waals surface area contributed by atoms with Crippen molar-refractivity contribution in [3.05, 3.63) is 24.3 Å². The summed E-state index contributed by atoms with van der Waals surface area (Å²) in [4.78, 5) is 14.7. The van der Waals surface area contributed by atoms with Crippen molar-refractivity contribution in [3.63, 3.8) is 0 Å². The van der Waals surface area contributed by atoms with E-state index in [-0.39, 0.29) is 4.45 Å². The van der Waals surface area contributed by atoms with Gasteiger partial charge < -0.3 is 4.42 Å². The lowest BCUT2D eigenvalue weighted by atomic mass is 10.3. The second-order valence-corrected chi connectivity index (χ2v) is 3.95. The van der Waals surface area contributed by atoms with Crippen LogP contribution < -0.4 is 0 Å². The zero-order valence-electron chi connectivity index (χ0n) is 6.43. The maximum Gasteiger partial charge on any atom is 0.265 e. The van der Waals surface area contributed by atoms with Crippen LogP contribution in [0.25, 0.3) is 11.1 Å². The summed E-state index contributed by atoms with van der Waals surface area (Å²) in [7, 11) is 0. The van der Waals surface area contributed by atoms with Crippen molar-refractivity contribution in [1.29, 1.82) is 0 Å². The number of benzene rings is 1. The molecule has 0 radical (unpaired) electrons. The molecule has 0 saturated carbocycles. The Balaban J connectivity index is 2.44. The maximum absolute atomic E-state index is 10.6. The van der Waals surface area contributed by atoms with E-state index in [4.69, 9.17) is 4.42 Å². The van der Waals surface area contributed by atoms with E-state index in [0.717, 1.165) is 17.3 Å². The number of para-hydroxylation sites is 2. The molecule has 3 nitrogen and oxygen atoms in total. The highest BCUT2D eigenvalue weighted by molar-refractivity contribution is 8.31. The number of aromatic nitrogens is 1. The molecule has 2 rings (SSSR count). The fraction of sp³-hybridized carbons (Fsp3) is 0. The number of rotatable bonds is 1. The molecule has 1 aromatic heterocycles. The van der Waals surface area contributed by atoms with Gasteiger partial charge in [0.25, 0.3) is 9.67 Å². The molecular weight excluding hydrogens is 206 g/mol. The second kappa shape index (κ2) is 3.43. The van der Waals surface area contributed by atoms with Gasteiger partial charge in [-0.2, -0.15) is 0 Å². The Morgan fingerprint density at radius 2 is 2.23 bits per heavy atom. The van der Waals surface area contributed by atoms with Crippen LogP contribution in [0.2, 0.25) is 0 Å². The average molecular weight is 211 g/mol.